The van der Waals surface area contributed by atoms with E-state index >= 15 is 0 Å². The van der Waals surface area contributed by atoms with Crippen LogP contribution in [0.5, 0.6) is 0 Å². The van der Waals surface area contributed by atoms with E-state index in [-0.39, 0.29) is 17.9 Å². The molecule has 0 bridgehead atoms. The first-order valence-corrected chi connectivity index (χ1v) is 5.82. The van der Waals surface area contributed by atoms with Gasteiger partial charge in [0, 0.05) is 25.9 Å². The minimum atomic E-state index is -1.00. The highest BCUT2D eigenvalue weighted by Gasteiger charge is 2.14. The van der Waals surface area contributed by atoms with Crippen LogP contribution >= 0.6 is 0 Å². The third-order valence-corrected chi connectivity index (χ3v) is 2.84. The fourth-order valence-electron chi connectivity index (χ4n) is 1.85. The number of carbonyl (C=O) groups excluding carboxylic acids is 1. The Hall–Kier alpha value is -2.43. The van der Waals surface area contributed by atoms with Gasteiger partial charge in [-0.3, -0.25) is 9.78 Å². The number of hydrogen-bond acceptors (Lipinski definition) is 3. The molecule has 98 valence electrons. The van der Waals surface area contributed by atoms with Gasteiger partial charge in [-0.2, -0.15) is 0 Å². The van der Waals surface area contributed by atoms with E-state index in [9.17, 15) is 9.59 Å². The summed E-state index contributed by atoms with van der Waals surface area (Å²) in [5, 5.41) is 8.94. The number of carbonyl (C=O) groups is 2. The fourth-order valence-corrected chi connectivity index (χ4v) is 1.85. The van der Waals surface area contributed by atoms with Crippen molar-refractivity contribution in [3.8, 4) is 0 Å². The van der Waals surface area contributed by atoms with Crippen LogP contribution in [0.2, 0.25) is 0 Å². The maximum atomic E-state index is 12.0. The standard InChI is InChI=1S/C14H14N2O3/c1-9-3-4-11(15-7-9)13(17)6-10-5-12(14(18)19)16(2)8-10/h3-5,7-8H,6H2,1-2H3,(H,18,19). The smallest absolute Gasteiger partial charge is 0.352 e. The van der Waals surface area contributed by atoms with Crippen molar-refractivity contribution in [2.45, 2.75) is 13.3 Å². The number of rotatable bonds is 4. The van der Waals surface area contributed by atoms with E-state index in [0.717, 1.165) is 5.56 Å². The molecule has 0 unspecified atom stereocenters. The van der Waals surface area contributed by atoms with E-state index in [0.29, 0.717) is 11.3 Å². The van der Waals surface area contributed by atoms with Crippen LogP contribution in [0.3, 0.4) is 0 Å². The van der Waals surface area contributed by atoms with Crippen LogP contribution in [0, 0.1) is 6.92 Å². The van der Waals surface area contributed by atoms with E-state index in [1.165, 1.54) is 10.6 Å². The lowest BCUT2D eigenvalue weighted by Crippen LogP contribution is -2.05. The van der Waals surface area contributed by atoms with Gasteiger partial charge < -0.3 is 9.67 Å². The van der Waals surface area contributed by atoms with Gasteiger partial charge >= 0.3 is 5.97 Å². The van der Waals surface area contributed by atoms with Gasteiger partial charge in [0.25, 0.3) is 0 Å². The molecule has 0 aliphatic carbocycles. The Morgan fingerprint density at radius 3 is 2.63 bits per heavy atom. The molecular weight excluding hydrogens is 244 g/mol. The normalized spacial score (nSPS) is 10.4. The van der Waals surface area contributed by atoms with E-state index in [1.54, 1.807) is 25.5 Å². The first-order valence-electron chi connectivity index (χ1n) is 5.82. The lowest BCUT2D eigenvalue weighted by Gasteiger charge is -1.99. The van der Waals surface area contributed by atoms with Gasteiger partial charge in [0.15, 0.2) is 5.78 Å². The molecule has 0 atom stereocenters. The second-order valence-electron chi connectivity index (χ2n) is 4.47. The highest BCUT2D eigenvalue weighted by atomic mass is 16.4. The zero-order valence-electron chi connectivity index (χ0n) is 10.8. The number of aromatic nitrogens is 2. The molecule has 19 heavy (non-hydrogen) atoms. The van der Waals surface area contributed by atoms with Crippen molar-refractivity contribution < 1.29 is 14.7 Å². The molecule has 5 heteroatoms. The first-order chi connectivity index (χ1) is 8.97. The summed E-state index contributed by atoms with van der Waals surface area (Å²) < 4.78 is 1.49. The largest absolute Gasteiger partial charge is 0.477 e. The molecule has 5 nitrogen and oxygen atoms in total. The van der Waals surface area contributed by atoms with Crippen molar-refractivity contribution in [1.29, 1.82) is 0 Å². The Balaban J connectivity index is 2.17. The second-order valence-corrected chi connectivity index (χ2v) is 4.47. The van der Waals surface area contributed by atoms with Crippen molar-refractivity contribution in [3.63, 3.8) is 0 Å². The van der Waals surface area contributed by atoms with Crippen molar-refractivity contribution in [3.05, 3.63) is 53.1 Å². The number of aryl methyl sites for hydroxylation is 2. The quantitative estimate of drug-likeness (QED) is 0.849. The predicted molar refractivity (Wildman–Crippen MR) is 69.4 cm³/mol. The van der Waals surface area contributed by atoms with Gasteiger partial charge in [0.05, 0.1) is 0 Å². The lowest BCUT2D eigenvalue weighted by atomic mass is 10.1. The van der Waals surface area contributed by atoms with Crippen molar-refractivity contribution in [2.75, 3.05) is 0 Å². The summed E-state index contributed by atoms with van der Waals surface area (Å²) in [4.78, 5) is 27.0. The van der Waals surface area contributed by atoms with E-state index in [1.807, 2.05) is 13.0 Å². The summed E-state index contributed by atoms with van der Waals surface area (Å²) in [6.07, 6.45) is 3.44. The SMILES string of the molecule is Cc1ccc(C(=O)Cc2cc(C(=O)O)n(C)c2)nc1. The Kier molecular flexibility index (Phi) is 3.46. The zero-order chi connectivity index (χ0) is 14.0. The summed E-state index contributed by atoms with van der Waals surface area (Å²) >= 11 is 0. The molecule has 0 radical (unpaired) electrons. The van der Waals surface area contributed by atoms with Gasteiger partial charge in [0.2, 0.25) is 0 Å². The van der Waals surface area contributed by atoms with Gasteiger partial charge in [0.1, 0.15) is 11.4 Å². The minimum Gasteiger partial charge on any atom is -0.477 e. The van der Waals surface area contributed by atoms with E-state index in [4.69, 9.17) is 5.11 Å². The Morgan fingerprint density at radius 2 is 2.11 bits per heavy atom. The Morgan fingerprint density at radius 1 is 1.37 bits per heavy atom. The van der Waals surface area contributed by atoms with Crippen LogP contribution in [-0.2, 0) is 13.5 Å². The average molecular weight is 258 g/mol. The molecule has 0 amide bonds. The number of ketones is 1. The lowest BCUT2D eigenvalue weighted by molar-refractivity contribution is 0.0686. The number of carboxylic acid groups (broad SMARTS) is 1. The number of pyridine rings is 1. The topological polar surface area (TPSA) is 72.2 Å². The first kappa shape index (κ1) is 13.0. The van der Waals surface area contributed by atoms with Gasteiger partial charge in [-0.1, -0.05) is 6.07 Å². The number of carboxylic acids is 1. The molecule has 0 spiro atoms. The summed E-state index contributed by atoms with van der Waals surface area (Å²) in [7, 11) is 1.64. The summed E-state index contributed by atoms with van der Waals surface area (Å²) in [5.74, 6) is -1.13. The molecule has 1 N–H and O–H groups in total. The van der Waals surface area contributed by atoms with Crippen molar-refractivity contribution in [2.24, 2.45) is 7.05 Å². The molecule has 0 aliphatic heterocycles. The van der Waals surface area contributed by atoms with Crippen molar-refractivity contribution in [1.82, 2.24) is 9.55 Å². The number of nitrogens with zero attached hydrogens (tertiary/aromatic N) is 2. The van der Waals surface area contributed by atoms with Gasteiger partial charge in [-0.25, -0.2) is 4.79 Å². The summed E-state index contributed by atoms with van der Waals surface area (Å²) in [6, 6.07) is 5.01. The van der Waals surface area contributed by atoms with Crippen LogP contribution in [0.4, 0.5) is 0 Å². The molecule has 2 heterocycles. The second kappa shape index (κ2) is 5.06. The molecule has 0 saturated heterocycles. The molecule has 2 aromatic heterocycles. The van der Waals surface area contributed by atoms with Crippen molar-refractivity contribution >= 4 is 11.8 Å². The van der Waals surface area contributed by atoms with E-state index < -0.39 is 5.97 Å². The summed E-state index contributed by atoms with van der Waals surface area (Å²) in [5.41, 5.74) is 2.22. The average Bonchev–Trinajstić information content (AvgIpc) is 2.71. The molecule has 2 aromatic rings. The summed E-state index contributed by atoms with van der Waals surface area (Å²) in [6.45, 7) is 1.90. The molecular formula is C14H14N2O3. The number of hydrogen-bond donors (Lipinski definition) is 1. The number of aromatic carboxylic acids is 1. The highest BCUT2D eigenvalue weighted by molar-refractivity contribution is 5.96. The number of Topliss-reactive ketones (excluding diaryl/α,β-unsaturated/α-hetero) is 1. The van der Waals surface area contributed by atoms with Crippen LogP contribution in [0.15, 0.2) is 30.6 Å². The van der Waals surface area contributed by atoms with Crippen LogP contribution < -0.4 is 0 Å². The van der Waals surface area contributed by atoms with Crippen LogP contribution in [-0.4, -0.2) is 26.4 Å². The Labute approximate surface area is 110 Å². The monoisotopic (exact) mass is 258 g/mol. The molecule has 2 rings (SSSR count). The third-order valence-electron chi connectivity index (χ3n) is 2.84. The fraction of sp³-hybridized carbons (Fsp3) is 0.214. The third kappa shape index (κ3) is 2.88. The van der Waals surface area contributed by atoms with E-state index in [2.05, 4.69) is 4.98 Å². The molecule has 0 saturated carbocycles. The maximum Gasteiger partial charge on any atom is 0.352 e. The van der Waals surface area contributed by atoms with Gasteiger partial charge in [-0.15, -0.1) is 0 Å². The van der Waals surface area contributed by atoms with Crippen LogP contribution in [0.25, 0.3) is 0 Å². The molecule has 0 aliphatic rings. The van der Waals surface area contributed by atoms with Crippen LogP contribution in [0.1, 0.15) is 32.1 Å². The highest BCUT2D eigenvalue weighted by Crippen LogP contribution is 2.11. The maximum absolute atomic E-state index is 12.0. The molecule has 0 fully saturated rings. The molecule has 0 aromatic carbocycles. The predicted octanol–water partition coefficient (Wildman–Crippen LogP) is 1.85. The van der Waals surface area contributed by atoms with Gasteiger partial charge in [-0.05, 0) is 30.2 Å². The Bertz CT molecular complexity index is 627. The minimum absolute atomic E-state index is 0.123. The zero-order valence-corrected chi connectivity index (χ0v) is 10.8.